The summed E-state index contributed by atoms with van der Waals surface area (Å²) in [6.07, 6.45) is 0. The van der Waals surface area contributed by atoms with Crippen molar-refractivity contribution in [3.05, 3.63) is 224 Å². The Bertz CT molecular complexity index is 3490. The molecule has 0 saturated heterocycles. The summed E-state index contributed by atoms with van der Waals surface area (Å²) in [7, 11) is 0. The van der Waals surface area contributed by atoms with E-state index in [0.717, 1.165) is 71.5 Å². The Balaban J connectivity index is 1.08. The smallest absolute Gasteiger partial charge is 0.143 e. The molecule has 2 heteroatoms. The standard InChI is InChI=1S/C56H37NO/c1-2-11-38(12-3-1)44-16-8-17-45(35-44)40-25-30-48(31-26-40)57(49-32-27-41(28-33-49)46-24-23-39-13-4-5-15-43(39)36-46)50-19-9-18-47(37-50)51-21-10-22-54-55(51)53-34-29-42-14-6-7-20-52(42)56(53)58-54/h1-37H/i25D,26D,30D,31D. The van der Waals surface area contributed by atoms with Crippen LogP contribution in [0.3, 0.4) is 0 Å². The Hall–Kier alpha value is -7.68. The quantitative estimate of drug-likeness (QED) is 0.162. The van der Waals surface area contributed by atoms with Crippen LogP contribution in [0.5, 0.6) is 0 Å². The minimum absolute atomic E-state index is 0.109. The first-order valence-electron chi connectivity index (χ1n) is 21.5. The average Bonchev–Trinajstić information content (AvgIpc) is 3.72. The van der Waals surface area contributed by atoms with E-state index in [2.05, 4.69) is 84.9 Å². The summed E-state index contributed by atoms with van der Waals surface area (Å²) < 4.78 is 44.8. The normalized spacial score (nSPS) is 12.4. The van der Waals surface area contributed by atoms with Gasteiger partial charge in [0.15, 0.2) is 0 Å². The highest BCUT2D eigenvalue weighted by atomic mass is 16.3. The van der Waals surface area contributed by atoms with Crippen molar-refractivity contribution in [1.29, 1.82) is 0 Å². The van der Waals surface area contributed by atoms with E-state index in [9.17, 15) is 5.48 Å². The molecule has 1 heterocycles. The lowest BCUT2D eigenvalue weighted by Gasteiger charge is -2.26. The van der Waals surface area contributed by atoms with Gasteiger partial charge in [0.25, 0.3) is 0 Å². The number of hydrogen-bond donors (Lipinski definition) is 0. The molecule has 0 aliphatic heterocycles. The van der Waals surface area contributed by atoms with Gasteiger partial charge in [-0.2, -0.15) is 0 Å². The molecule has 0 fully saturated rings. The van der Waals surface area contributed by atoms with Gasteiger partial charge in [0.2, 0.25) is 0 Å². The maximum Gasteiger partial charge on any atom is 0.143 e. The molecule has 11 rings (SSSR count). The molecule has 0 aliphatic rings. The Labute approximate surface area is 343 Å². The van der Waals surface area contributed by atoms with Crippen LogP contribution in [0.15, 0.2) is 229 Å². The van der Waals surface area contributed by atoms with Gasteiger partial charge in [-0.15, -0.1) is 0 Å². The molecule has 0 N–H and O–H groups in total. The predicted octanol–water partition coefficient (Wildman–Crippen LogP) is 16.0. The Kier molecular flexibility index (Phi) is 7.20. The van der Waals surface area contributed by atoms with Crippen molar-refractivity contribution in [2.24, 2.45) is 0 Å². The molecule has 0 unspecified atom stereocenters. The summed E-state index contributed by atoms with van der Waals surface area (Å²) in [5.41, 5.74) is 10.00. The first-order chi connectivity index (χ1) is 30.4. The van der Waals surface area contributed by atoms with Crippen molar-refractivity contribution in [2.45, 2.75) is 0 Å². The van der Waals surface area contributed by atoms with Crippen LogP contribution < -0.4 is 4.90 Å². The molecule has 0 spiro atoms. The van der Waals surface area contributed by atoms with Crippen LogP contribution in [-0.2, 0) is 0 Å². The van der Waals surface area contributed by atoms with E-state index < -0.39 is 0 Å². The molecule has 272 valence electrons. The van der Waals surface area contributed by atoms with Crippen LogP contribution in [0, 0.1) is 0 Å². The highest BCUT2D eigenvalue weighted by Crippen LogP contribution is 2.43. The fourth-order valence-electron chi connectivity index (χ4n) is 8.23. The summed E-state index contributed by atoms with van der Waals surface area (Å²) in [5.74, 6) is 0. The predicted molar refractivity (Wildman–Crippen MR) is 245 cm³/mol. The van der Waals surface area contributed by atoms with Gasteiger partial charge in [0.05, 0.1) is 5.48 Å². The van der Waals surface area contributed by atoms with E-state index in [1.165, 1.54) is 5.39 Å². The molecule has 0 aliphatic carbocycles. The first kappa shape index (κ1) is 29.6. The van der Waals surface area contributed by atoms with E-state index in [0.29, 0.717) is 16.9 Å². The minimum Gasteiger partial charge on any atom is -0.455 e. The van der Waals surface area contributed by atoms with Crippen LogP contribution in [-0.4, -0.2) is 0 Å². The molecule has 11 aromatic rings. The van der Waals surface area contributed by atoms with Gasteiger partial charge in [0.1, 0.15) is 11.2 Å². The lowest BCUT2D eigenvalue weighted by molar-refractivity contribution is 0.673. The number of furan rings is 1. The number of benzene rings is 10. The molecule has 10 aromatic carbocycles. The Morgan fingerprint density at radius 3 is 1.81 bits per heavy atom. The van der Waals surface area contributed by atoms with E-state index in [4.69, 9.17) is 4.42 Å². The van der Waals surface area contributed by atoms with E-state index in [1.807, 2.05) is 120 Å². The molecule has 2 nitrogen and oxygen atoms in total. The highest BCUT2D eigenvalue weighted by Gasteiger charge is 2.18. The topological polar surface area (TPSA) is 16.4 Å². The van der Waals surface area contributed by atoms with Gasteiger partial charge in [-0.25, -0.2) is 0 Å². The van der Waals surface area contributed by atoms with Crippen LogP contribution in [0.2, 0.25) is 0 Å². The Morgan fingerprint density at radius 1 is 0.345 bits per heavy atom. The summed E-state index contributed by atoms with van der Waals surface area (Å²) in [5, 5.41) is 6.51. The minimum atomic E-state index is -0.134. The molecule has 0 amide bonds. The lowest BCUT2D eigenvalue weighted by Crippen LogP contribution is -2.10. The lowest BCUT2D eigenvalue weighted by atomic mass is 9.97. The van der Waals surface area contributed by atoms with Crippen molar-refractivity contribution in [3.8, 4) is 44.5 Å². The van der Waals surface area contributed by atoms with Crippen LogP contribution in [0.25, 0.3) is 88.0 Å². The summed E-state index contributed by atoms with van der Waals surface area (Å²) in [6, 6.07) is 66.7. The average molecular weight is 744 g/mol. The maximum atomic E-state index is 9.64. The SMILES string of the molecule is [2H]c1c([2H])c(N(c2ccc(-c3ccc4ccccc4c3)cc2)c2cccc(-c3cccc4oc5c6ccccc6ccc5c34)c2)c([2H])c([2H])c1-c1cccc(-c2ccccc2)c1. The van der Waals surface area contributed by atoms with Gasteiger partial charge in [-0.3, -0.25) is 0 Å². The summed E-state index contributed by atoms with van der Waals surface area (Å²) in [6.45, 7) is 0. The van der Waals surface area contributed by atoms with Crippen molar-refractivity contribution in [3.63, 3.8) is 0 Å². The molecule has 0 saturated carbocycles. The maximum absolute atomic E-state index is 9.64. The van der Waals surface area contributed by atoms with Gasteiger partial charge in [-0.1, -0.05) is 164 Å². The van der Waals surface area contributed by atoms with Crippen molar-refractivity contribution >= 4 is 60.5 Å². The zero-order valence-electron chi connectivity index (χ0n) is 35.4. The number of rotatable bonds is 7. The van der Waals surface area contributed by atoms with Crippen molar-refractivity contribution < 1.29 is 9.90 Å². The second-order valence-electron chi connectivity index (χ2n) is 14.6. The largest absolute Gasteiger partial charge is 0.455 e. The molecule has 58 heavy (non-hydrogen) atoms. The molecular formula is C56H37NO. The fraction of sp³-hybridized carbons (Fsp3) is 0. The summed E-state index contributed by atoms with van der Waals surface area (Å²) in [4.78, 5) is 1.86. The van der Waals surface area contributed by atoms with Crippen LogP contribution in [0.1, 0.15) is 5.48 Å². The molecular weight excluding hydrogens is 703 g/mol. The highest BCUT2D eigenvalue weighted by molar-refractivity contribution is 6.19. The molecule has 0 bridgehead atoms. The summed E-state index contributed by atoms with van der Waals surface area (Å²) >= 11 is 0. The molecule has 1 aromatic heterocycles. The van der Waals surface area contributed by atoms with Gasteiger partial charge in [0, 0.05) is 33.2 Å². The molecule has 0 radical (unpaired) electrons. The monoisotopic (exact) mass is 743 g/mol. The van der Waals surface area contributed by atoms with Crippen molar-refractivity contribution in [2.75, 3.05) is 4.90 Å². The van der Waals surface area contributed by atoms with Gasteiger partial charge < -0.3 is 9.32 Å². The van der Waals surface area contributed by atoms with E-state index in [1.54, 1.807) is 0 Å². The second kappa shape index (κ2) is 14.1. The van der Waals surface area contributed by atoms with Gasteiger partial charge in [-0.05, 0) is 121 Å². The fourth-order valence-corrected chi connectivity index (χ4v) is 8.23. The van der Waals surface area contributed by atoms with E-state index in [-0.39, 0.29) is 35.4 Å². The molecule has 0 atom stereocenters. The van der Waals surface area contributed by atoms with Gasteiger partial charge >= 0.3 is 0 Å². The van der Waals surface area contributed by atoms with Crippen molar-refractivity contribution in [1.82, 2.24) is 0 Å². The van der Waals surface area contributed by atoms with Crippen LogP contribution in [0.4, 0.5) is 17.1 Å². The van der Waals surface area contributed by atoms with E-state index >= 15 is 0 Å². The van der Waals surface area contributed by atoms with Crippen LogP contribution >= 0.6 is 0 Å². The zero-order valence-corrected chi connectivity index (χ0v) is 31.4. The number of fused-ring (bicyclic) bond motifs is 6. The second-order valence-corrected chi connectivity index (χ2v) is 14.6. The number of anilines is 3. The Morgan fingerprint density at radius 2 is 0.966 bits per heavy atom. The zero-order chi connectivity index (χ0) is 41.9. The third-order valence-electron chi connectivity index (χ3n) is 11.1. The number of nitrogens with zero attached hydrogens (tertiary/aromatic N) is 1. The third kappa shape index (κ3) is 6.00. The first-order valence-corrected chi connectivity index (χ1v) is 19.5. The number of hydrogen-bond acceptors (Lipinski definition) is 2. The third-order valence-corrected chi connectivity index (χ3v) is 11.1.